The maximum atomic E-state index is 11.7. The summed E-state index contributed by atoms with van der Waals surface area (Å²) in [6.45, 7) is -0.383. The second-order valence-corrected chi connectivity index (χ2v) is 9.07. The van der Waals surface area contributed by atoms with E-state index in [4.69, 9.17) is 24.6 Å². The number of aromatic nitrogens is 3. The second-order valence-electron chi connectivity index (χ2n) is 7.62. The Morgan fingerprint density at radius 1 is 0.972 bits per heavy atom. The Bertz CT molecular complexity index is 1150. The number of hydrogen-bond acceptors (Lipinski definition) is 11. The smallest absolute Gasteiger partial charge is 0.394 e. The molecule has 0 amide bonds. The van der Waals surface area contributed by atoms with Crippen LogP contribution in [0.1, 0.15) is 17.4 Å². The molecular formula is C22H27N4O9P. The van der Waals surface area contributed by atoms with E-state index in [1.54, 1.807) is 0 Å². The lowest BCUT2D eigenvalue weighted by atomic mass is 10.1. The second kappa shape index (κ2) is 12.8. The fourth-order valence-corrected chi connectivity index (χ4v) is 3.84. The van der Waals surface area contributed by atoms with Crippen LogP contribution in [0.5, 0.6) is 0 Å². The molecule has 0 radical (unpaired) electrons. The first-order chi connectivity index (χ1) is 17.2. The third kappa shape index (κ3) is 7.75. The van der Waals surface area contributed by atoms with Gasteiger partial charge < -0.3 is 30.7 Å². The predicted molar refractivity (Wildman–Crippen MR) is 126 cm³/mol. The van der Waals surface area contributed by atoms with Gasteiger partial charge in [0, 0.05) is 0 Å². The van der Waals surface area contributed by atoms with E-state index in [0.29, 0.717) is 0 Å². The molecule has 13 nitrogen and oxygen atoms in total. The van der Waals surface area contributed by atoms with Crippen molar-refractivity contribution in [3.8, 4) is 0 Å². The molecule has 1 aliphatic rings. The van der Waals surface area contributed by atoms with Gasteiger partial charge in [-0.1, -0.05) is 60.7 Å². The van der Waals surface area contributed by atoms with E-state index in [1.165, 1.54) is 0 Å². The zero-order chi connectivity index (χ0) is 26.1. The van der Waals surface area contributed by atoms with Gasteiger partial charge >= 0.3 is 13.5 Å². The van der Waals surface area contributed by atoms with Gasteiger partial charge in [-0.05, 0) is 11.1 Å². The van der Waals surface area contributed by atoms with Crippen molar-refractivity contribution in [2.24, 2.45) is 0 Å². The zero-order valence-corrected chi connectivity index (χ0v) is 19.9. The van der Waals surface area contributed by atoms with Crippen LogP contribution in [0.25, 0.3) is 0 Å². The Kier molecular flexibility index (Phi) is 9.81. The van der Waals surface area contributed by atoms with Crippen LogP contribution in [0, 0.1) is 0 Å². The standard InChI is InChI=1S/C14H15O4P.C8H12N4O5/c15-19(16,17-11-13-7-3-1-4-8-13)18-12-14-9-5-2-6-10-14;9-7-10-2-12(8(16)11-7)6-5(15)4(14)3(1-13)17-6/h1-10H,11-12H2,(H,15,16);2-6,13-15H,1H2,(H2,9,11,16)/t;3-,4-,5-,6-/m.1/s1. The number of ether oxygens (including phenoxy) is 1. The number of phosphoric ester groups is 1. The summed E-state index contributed by atoms with van der Waals surface area (Å²) in [5.41, 5.74) is 6.10. The molecule has 14 heteroatoms. The van der Waals surface area contributed by atoms with Crippen LogP contribution in [0.2, 0.25) is 0 Å². The van der Waals surface area contributed by atoms with E-state index in [9.17, 15) is 24.5 Å². The number of phosphoric acid groups is 1. The van der Waals surface area contributed by atoms with Crippen molar-refractivity contribution in [2.75, 3.05) is 12.3 Å². The summed E-state index contributed by atoms with van der Waals surface area (Å²) in [6, 6.07) is 18.4. The minimum absolute atomic E-state index is 0.0450. The molecule has 4 atom stereocenters. The van der Waals surface area contributed by atoms with Gasteiger partial charge in [-0.2, -0.15) is 4.98 Å². The van der Waals surface area contributed by atoms with Crippen LogP contribution in [-0.2, 0) is 31.6 Å². The molecule has 0 spiro atoms. The number of hydrogen-bond donors (Lipinski definition) is 5. The van der Waals surface area contributed by atoms with Crippen molar-refractivity contribution in [3.63, 3.8) is 0 Å². The van der Waals surface area contributed by atoms with Crippen molar-refractivity contribution in [2.45, 2.75) is 37.8 Å². The third-order valence-electron chi connectivity index (χ3n) is 5.01. The Hall–Kier alpha value is -3.00. The monoisotopic (exact) mass is 522 g/mol. The van der Waals surface area contributed by atoms with E-state index in [2.05, 4.69) is 9.97 Å². The molecule has 0 unspecified atom stereocenters. The number of anilines is 1. The van der Waals surface area contributed by atoms with Gasteiger partial charge in [0.25, 0.3) is 0 Å². The molecule has 0 saturated carbocycles. The lowest BCUT2D eigenvalue weighted by Crippen LogP contribution is -2.36. The van der Waals surface area contributed by atoms with E-state index in [0.717, 1.165) is 22.0 Å². The fraction of sp³-hybridized carbons (Fsp3) is 0.318. The van der Waals surface area contributed by atoms with E-state index >= 15 is 0 Å². The average Bonchev–Trinajstić information content (AvgIpc) is 3.17. The maximum Gasteiger partial charge on any atom is 0.472 e. The van der Waals surface area contributed by atoms with E-state index in [1.807, 2.05) is 60.7 Å². The van der Waals surface area contributed by atoms with Gasteiger partial charge in [-0.25, -0.2) is 14.3 Å². The number of nitrogens with zero attached hydrogens (tertiary/aromatic N) is 3. The van der Waals surface area contributed by atoms with Crippen LogP contribution >= 0.6 is 7.82 Å². The Balaban J connectivity index is 0.000000202. The Morgan fingerprint density at radius 2 is 1.50 bits per heavy atom. The summed E-state index contributed by atoms with van der Waals surface area (Å²) in [4.78, 5) is 28.0. The number of nitrogen functional groups attached to an aromatic ring is 1. The first kappa shape index (κ1) is 27.6. The number of aliphatic hydroxyl groups excluding tert-OH is 3. The average molecular weight is 522 g/mol. The first-order valence-corrected chi connectivity index (χ1v) is 12.2. The third-order valence-corrected chi connectivity index (χ3v) is 5.92. The summed E-state index contributed by atoms with van der Waals surface area (Å²) in [5.74, 6) is -0.196. The summed E-state index contributed by atoms with van der Waals surface area (Å²) in [5, 5.41) is 28.1. The van der Waals surface area contributed by atoms with Crippen LogP contribution in [0.4, 0.5) is 5.95 Å². The van der Waals surface area contributed by atoms with Crippen LogP contribution in [0.15, 0.2) is 71.8 Å². The number of rotatable bonds is 8. The molecule has 1 fully saturated rings. The Morgan fingerprint density at radius 3 is 1.94 bits per heavy atom. The van der Waals surface area contributed by atoms with Gasteiger partial charge in [-0.3, -0.25) is 13.6 Å². The number of benzene rings is 2. The lowest BCUT2D eigenvalue weighted by Gasteiger charge is -2.16. The summed E-state index contributed by atoms with van der Waals surface area (Å²) < 4.78 is 27.6. The molecule has 0 aliphatic carbocycles. The molecule has 3 aromatic rings. The van der Waals surface area contributed by atoms with E-state index in [-0.39, 0.29) is 19.2 Å². The summed E-state index contributed by atoms with van der Waals surface area (Å²) in [6.07, 6.45) is -3.67. The molecule has 6 N–H and O–H groups in total. The molecule has 1 aromatic heterocycles. The van der Waals surface area contributed by atoms with Gasteiger partial charge in [-0.15, -0.1) is 0 Å². The molecule has 1 saturated heterocycles. The maximum absolute atomic E-state index is 11.7. The van der Waals surface area contributed by atoms with Crippen molar-refractivity contribution >= 4 is 13.8 Å². The zero-order valence-electron chi connectivity index (χ0n) is 19.0. The van der Waals surface area contributed by atoms with Crippen molar-refractivity contribution in [1.29, 1.82) is 0 Å². The topological polar surface area (TPSA) is 199 Å². The Labute approximate surface area is 206 Å². The van der Waals surface area contributed by atoms with Crippen LogP contribution < -0.4 is 11.4 Å². The number of aliphatic hydroxyl groups is 3. The SMILES string of the molecule is Nc1ncn([C@@H]2O[C@H](CO)[C@@H](O)[C@H]2O)c(=O)n1.O=P(O)(OCc1ccccc1)OCc1ccccc1. The van der Waals surface area contributed by atoms with Gasteiger partial charge in [0.15, 0.2) is 6.23 Å². The quantitative estimate of drug-likeness (QED) is 0.255. The summed E-state index contributed by atoms with van der Waals surface area (Å²) >= 11 is 0. The largest absolute Gasteiger partial charge is 0.472 e. The highest BCUT2D eigenvalue weighted by Gasteiger charge is 2.43. The highest BCUT2D eigenvalue weighted by Crippen LogP contribution is 2.44. The molecule has 4 rings (SSSR count). The van der Waals surface area contributed by atoms with Crippen molar-refractivity contribution in [3.05, 3.63) is 88.6 Å². The molecule has 2 heterocycles. The minimum Gasteiger partial charge on any atom is -0.394 e. The molecule has 2 aromatic carbocycles. The normalized spacial score (nSPS) is 21.6. The van der Waals surface area contributed by atoms with Gasteiger partial charge in [0.05, 0.1) is 19.8 Å². The molecule has 194 valence electrons. The van der Waals surface area contributed by atoms with Gasteiger partial charge in [0.1, 0.15) is 24.6 Å². The molecular weight excluding hydrogens is 495 g/mol. The highest BCUT2D eigenvalue weighted by molar-refractivity contribution is 7.47. The molecule has 0 bridgehead atoms. The van der Waals surface area contributed by atoms with Crippen LogP contribution in [0.3, 0.4) is 0 Å². The predicted octanol–water partition coefficient (Wildman–Crippen LogP) is 0.352. The van der Waals surface area contributed by atoms with Gasteiger partial charge in [0.2, 0.25) is 5.95 Å². The highest BCUT2D eigenvalue weighted by atomic mass is 31.2. The van der Waals surface area contributed by atoms with Crippen molar-refractivity contribution < 1.29 is 38.6 Å². The van der Waals surface area contributed by atoms with Crippen LogP contribution in [-0.4, -0.2) is 59.7 Å². The summed E-state index contributed by atoms with van der Waals surface area (Å²) in [7, 11) is -4.02. The fourth-order valence-electron chi connectivity index (χ4n) is 3.14. The molecule has 1 aliphatic heterocycles. The lowest BCUT2D eigenvalue weighted by molar-refractivity contribution is -0.0554. The van der Waals surface area contributed by atoms with E-state index < -0.39 is 44.7 Å². The number of nitrogens with two attached hydrogens (primary N) is 1. The van der Waals surface area contributed by atoms with Crippen molar-refractivity contribution in [1.82, 2.24) is 14.5 Å². The molecule has 36 heavy (non-hydrogen) atoms. The first-order valence-electron chi connectivity index (χ1n) is 10.7. The minimum atomic E-state index is -4.02.